The Hall–Kier alpha value is -0.890. The molecule has 1 aromatic carbocycles. The molecule has 2 heteroatoms. The first kappa shape index (κ1) is 12.2. The highest BCUT2D eigenvalue weighted by molar-refractivity contribution is 5.17. The molecule has 0 aliphatic rings. The highest BCUT2D eigenvalue weighted by Crippen LogP contribution is 2.14. The van der Waals surface area contributed by atoms with Gasteiger partial charge in [-0.1, -0.05) is 32.0 Å². The summed E-state index contributed by atoms with van der Waals surface area (Å²) in [4.78, 5) is 0. The van der Waals surface area contributed by atoms with Gasteiger partial charge in [-0.3, -0.25) is 0 Å². The minimum atomic E-state index is -0.0898. The summed E-state index contributed by atoms with van der Waals surface area (Å²) < 4.78 is 13.4. The third-order valence-electron chi connectivity index (χ3n) is 2.88. The summed E-state index contributed by atoms with van der Waals surface area (Å²) in [5.41, 5.74) is 0.815. The molecule has 0 saturated carbocycles. The van der Waals surface area contributed by atoms with Gasteiger partial charge in [0.1, 0.15) is 5.82 Å². The molecular weight excluding hydrogens is 189 g/mol. The first-order valence-corrected chi connectivity index (χ1v) is 5.62. The van der Waals surface area contributed by atoms with Gasteiger partial charge < -0.3 is 5.32 Å². The summed E-state index contributed by atoms with van der Waals surface area (Å²) in [7, 11) is 0. The van der Waals surface area contributed by atoms with Crippen molar-refractivity contribution in [3.05, 3.63) is 35.6 Å². The second-order valence-electron chi connectivity index (χ2n) is 4.12. The van der Waals surface area contributed by atoms with Crippen LogP contribution in [0.3, 0.4) is 0 Å². The number of nitrogens with one attached hydrogen (secondary N) is 1. The fraction of sp³-hybridized carbons (Fsp3) is 0.538. The number of rotatable bonds is 5. The van der Waals surface area contributed by atoms with Gasteiger partial charge in [-0.2, -0.15) is 0 Å². The molecule has 0 aromatic heterocycles. The van der Waals surface area contributed by atoms with Crippen molar-refractivity contribution >= 4 is 0 Å². The number of hydrogen-bond acceptors (Lipinski definition) is 1. The van der Waals surface area contributed by atoms with Crippen molar-refractivity contribution in [1.82, 2.24) is 5.32 Å². The highest BCUT2D eigenvalue weighted by Gasteiger charge is 2.13. The van der Waals surface area contributed by atoms with Gasteiger partial charge in [0.2, 0.25) is 0 Å². The summed E-state index contributed by atoms with van der Waals surface area (Å²) in [5.74, 6) is 0.356. The van der Waals surface area contributed by atoms with Crippen LogP contribution in [0.4, 0.5) is 4.39 Å². The normalized spacial score (nSPS) is 14.9. The van der Waals surface area contributed by atoms with Crippen LogP contribution in [0.15, 0.2) is 24.3 Å². The van der Waals surface area contributed by atoms with E-state index in [-0.39, 0.29) is 5.82 Å². The average molecular weight is 209 g/mol. The van der Waals surface area contributed by atoms with Crippen LogP contribution in [0.25, 0.3) is 0 Å². The molecule has 0 amide bonds. The molecule has 15 heavy (non-hydrogen) atoms. The van der Waals surface area contributed by atoms with Crippen LogP contribution in [-0.2, 0) is 6.42 Å². The monoisotopic (exact) mass is 209 g/mol. The molecule has 0 spiro atoms. The second-order valence-corrected chi connectivity index (χ2v) is 4.12. The standard InChI is InChI=1S/C13H20FN/c1-4-15-11(3)10(2)9-12-7-5-6-8-13(12)14/h5-8,10-11,15H,4,9H2,1-3H3. The van der Waals surface area contributed by atoms with E-state index in [1.165, 1.54) is 6.07 Å². The van der Waals surface area contributed by atoms with E-state index in [4.69, 9.17) is 0 Å². The largest absolute Gasteiger partial charge is 0.314 e. The van der Waals surface area contributed by atoms with Crippen LogP contribution in [0, 0.1) is 11.7 Å². The molecule has 2 unspecified atom stereocenters. The lowest BCUT2D eigenvalue weighted by atomic mass is 9.95. The molecule has 0 aliphatic carbocycles. The SMILES string of the molecule is CCNC(C)C(C)Cc1ccccc1F. The van der Waals surface area contributed by atoms with Gasteiger partial charge in [0.25, 0.3) is 0 Å². The predicted octanol–water partition coefficient (Wildman–Crippen LogP) is 3.00. The van der Waals surface area contributed by atoms with Gasteiger partial charge >= 0.3 is 0 Å². The Morgan fingerprint density at radius 3 is 2.53 bits per heavy atom. The van der Waals surface area contributed by atoms with Gasteiger partial charge in [-0.05, 0) is 37.4 Å². The number of hydrogen-bond donors (Lipinski definition) is 1. The molecule has 0 bridgehead atoms. The van der Waals surface area contributed by atoms with Crippen LogP contribution in [-0.4, -0.2) is 12.6 Å². The average Bonchev–Trinajstić information content (AvgIpc) is 2.21. The van der Waals surface area contributed by atoms with Crippen LogP contribution >= 0.6 is 0 Å². The lowest BCUT2D eigenvalue weighted by Crippen LogP contribution is -2.33. The van der Waals surface area contributed by atoms with E-state index >= 15 is 0 Å². The van der Waals surface area contributed by atoms with Crippen molar-refractivity contribution in [3.8, 4) is 0 Å². The lowest BCUT2D eigenvalue weighted by molar-refractivity contribution is 0.401. The quantitative estimate of drug-likeness (QED) is 0.786. The van der Waals surface area contributed by atoms with E-state index in [1.54, 1.807) is 6.07 Å². The molecule has 0 fully saturated rings. The molecule has 0 radical (unpaired) electrons. The molecule has 1 aromatic rings. The molecule has 0 aliphatic heterocycles. The first-order chi connectivity index (χ1) is 7.15. The molecule has 1 nitrogen and oxygen atoms in total. The predicted molar refractivity (Wildman–Crippen MR) is 62.4 cm³/mol. The molecule has 0 saturated heterocycles. The van der Waals surface area contributed by atoms with Crippen molar-refractivity contribution in [2.45, 2.75) is 33.2 Å². The Morgan fingerprint density at radius 2 is 1.93 bits per heavy atom. The van der Waals surface area contributed by atoms with Crippen molar-refractivity contribution in [2.24, 2.45) is 5.92 Å². The van der Waals surface area contributed by atoms with Crippen molar-refractivity contribution < 1.29 is 4.39 Å². The Bertz CT molecular complexity index is 298. The zero-order chi connectivity index (χ0) is 11.3. The van der Waals surface area contributed by atoms with Crippen LogP contribution < -0.4 is 5.32 Å². The summed E-state index contributed by atoms with van der Waals surface area (Å²) in [5, 5.41) is 3.36. The van der Waals surface area contributed by atoms with E-state index in [0.717, 1.165) is 18.5 Å². The zero-order valence-corrected chi connectivity index (χ0v) is 9.76. The van der Waals surface area contributed by atoms with E-state index < -0.39 is 0 Å². The molecule has 84 valence electrons. The van der Waals surface area contributed by atoms with E-state index in [9.17, 15) is 4.39 Å². The van der Waals surface area contributed by atoms with E-state index in [1.807, 2.05) is 12.1 Å². The third-order valence-corrected chi connectivity index (χ3v) is 2.88. The summed E-state index contributed by atoms with van der Waals surface area (Å²) in [6, 6.07) is 7.44. The Balaban J connectivity index is 2.58. The van der Waals surface area contributed by atoms with E-state index in [2.05, 4.69) is 26.1 Å². The number of benzene rings is 1. The minimum absolute atomic E-state index is 0.0898. The maximum atomic E-state index is 13.4. The fourth-order valence-corrected chi connectivity index (χ4v) is 1.71. The second kappa shape index (κ2) is 5.86. The van der Waals surface area contributed by atoms with Gasteiger partial charge in [0.15, 0.2) is 0 Å². The Morgan fingerprint density at radius 1 is 1.27 bits per heavy atom. The van der Waals surface area contributed by atoms with Crippen molar-refractivity contribution in [3.63, 3.8) is 0 Å². The maximum absolute atomic E-state index is 13.4. The summed E-state index contributed by atoms with van der Waals surface area (Å²) in [6.45, 7) is 7.35. The molecule has 1 N–H and O–H groups in total. The fourth-order valence-electron chi connectivity index (χ4n) is 1.71. The summed E-state index contributed by atoms with van der Waals surface area (Å²) >= 11 is 0. The van der Waals surface area contributed by atoms with Gasteiger partial charge in [0.05, 0.1) is 0 Å². The van der Waals surface area contributed by atoms with Crippen LogP contribution in [0.1, 0.15) is 26.3 Å². The zero-order valence-electron chi connectivity index (χ0n) is 9.76. The molecule has 1 rings (SSSR count). The van der Waals surface area contributed by atoms with Gasteiger partial charge in [-0.15, -0.1) is 0 Å². The van der Waals surface area contributed by atoms with E-state index in [0.29, 0.717) is 12.0 Å². The maximum Gasteiger partial charge on any atom is 0.126 e. The van der Waals surface area contributed by atoms with Gasteiger partial charge in [-0.25, -0.2) is 4.39 Å². The van der Waals surface area contributed by atoms with Crippen LogP contribution in [0.2, 0.25) is 0 Å². The Kier molecular flexibility index (Phi) is 4.76. The van der Waals surface area contributed by atoms with Crippen molar-refractivity contribution in [2.75, 3.05) is 6.54 Å². The topological polar surface area (TPSA) is 12.0 Å². The molecule has 2 atom stereocenters. The molecule has 0 heterocycles. The number of halogens is 1. The summed E-state index contributed by atoms with van der Waals surface area (Å²) in [6.07, 6.45) is 0.792. The highest BCUT2D eigenvalue weighted by atomic mass is 19.1. The lowest BCUT2D eigenvalue weighted by Gasteiger charge is -2.20. The molecular formula is C13H20FN. The van der Waals surface area contributed by atoms with Crippen LogP contribution in [0.5, 0.6) is 0 Å². The first-order valence-electron chi connectivity index (χ1n) is 5.62. The minimum Gasteiger partial charge on any atom is -0.314 e. The Labute approximate surface area is 91.7 Å². The third kappa shape index (κ3) is 3.63. The van der Waals surface area contributed by atoms with Crippen molar-refractivity contribution in [1.29, 1.82) is 0 Å². The van der Waals surface area contributed by atoms with Gasteiger partial charge in [0, 0.05) is 6.04 Å². The smallest absolute Gasteiger partial charge is 0.126 e.